The normalized spacial score (nSPS) is 10.1. The second-order valence-electron chi connectivity index (χ2n) is 4.86. The summed E-state index contributed by atoms with van der Waals surface area (Å²) in [6, 6.07) is 10.4. The summed E-state index contributed by atoms with van der Waals surface area (Å²) in [6.45, 7) is 1.72. The molecule has 0 saturated carbocycles. The number of carbonyl (C=O) groups is 2. The molecule has 7 nitrogen and oxygen atoms in total. The van der Waals surface area contributed by atoms with Crippen LogP contribution in [0.2, 0.25) is 5.02 Å². The number of nitrogens with one attached hydrogen (secondary N) is 2. The van der Waals surface area contributed by atoms with E-state index in [1.165, 1.54) is 24.3 Å². The summed E-state index contributed by atoms with van der Waals surface area (Å²) in [5.41, 5.74) is 0.760. The van der Waals surface area contributed by atoms with Crippen molar-refractivity contribution in [1.29, 1.82) is 0 Å². The van der Waals surface area contributed by atoms with Crippen molar-refractivity contribution in [2.24, 2.45) is 0 Å². The van der Waals surface area contributed by atoms with Gasteiger partial charge >= 0.3 is 0 Å². The van der Waals surface area contributed by atoms with E-state index in [2.05, 4.69) is 10.6 Å². The Hall–Kier alpha value is -2.93. The van der Waals surface area contributed by atoms with Gasteiger partial charge in [-0.1, -0.05) is 24.6 Å². The Morgan fingerprint density at radius 1 is 1.12 bits per heavy atom. The van der Waals surface area contributed by atoms with E-state index < -0.39 is 10.8 Å². The van der Waals surface area contributed by atoms with E-state index in [0.717, 1.165) is 0 Å². The highest BCUT2D eigenvalue weighted by molar-refractivity contribution is 6.32. The quantitative estimate of drug-likeness (QED) is 0.633. The lowest BCUT2D eigenvalue weighted by atomic mass is 10.1. The Kier molecular flexibility index (Phi) is 5.49. The number of nitro benzene ring substituents is 1. The topological polar surface area (TPSA) is 101 Å². The number of nitrogens with zero attached hydrogens (tertiary/aromatic N) is 1. The molecule has 2 N–H and O–H groups in total. The number of amides is 2. The van der Waals surface area contributed by atoms with Crippen molar-refractivity contribution in [1.82, 2.24) is 0 Å². The van der Waals surface area contributed by atoms with Crippen molar-refractivity contribution in [2.45, 2.75) is 13.3 Å². The highest BCUT2D eigenvalue weighted by Crippen LogP contribution is 2.27. The lowest BCUT2D eigenvalue weighted by molar-refractivity contribution is -0.384. The monoisotopic (exact) mass is 347 g/mol. The average molecular weight is 348 g/mol. The molecule has 0 atom stereocenters. The summed E-state index contributed by atoms with van der Waals surface area (Å²) in [6.07, 6.45) is 0.324. The standard InChI is InChI=1S/C16H14ClN3O4/c1-2-15(21)18-11-5-3-4-10(8-11)16(22)19-12-6-7-13(17)14(9-12)20(23)24/h3-9H,2H2,1H3,(H,18,21)(H,19,22). The van der Waals surface area contributed by atoms with Crippen molar-refractivity contribution >= 4 is 40.5 Å². The van der Waals surface area contributed by atoms with Crippen molar-refractivity contribution < 1.29 is 14.5 Å². The molecule has 0 aliphatic heterocycles. The lowest BCUT2D eigenvalue weighted by Crippen LogP contribution is -2.14. The van der Waals surface area contributed by atoms with Gasteiger partial charge < -0.3 is 10.6 Å². The van der Waals surface area contributed by atoms with Crippen molar-refractivity contribution in [3.63, 3.8) is 0 Å². The number of benzene rings is 2. The number of halogens is 1. The molecule has 0 bridgehead atoms. The second kappa shape index (κ2) is 7.56. The van der Waals surface area contributed by atoms with Gasteiger partial charge in [0.25, 0.3) is 11.6 Å². The first kappa shape index (κ1) is 17.4. The molecule has 2 rings (SSSR count). The molecular formula is C16H14ClN3O4. The third-order valence-electron chi connectivity index (χ3n) is 3.13. The summed E-state index contributed by atoms with van der Waals surface area (Å²) in [5.74, 6) is -0.625. The minimum atomic E-state index is -0.626. The van der Waals surface area contributed by atoms with Gasteiger partial charge in [0.1, 0.15) is 5.02 Å². The Morgan fingerprint density at radius 2 is 1.83 bits per heavy atom. The van der Waals surface area contributed by atoms with Crippen LogP contribution in [-0.2, 0) is 4.79 Å². The summed E-state index contributed by atoms with van der Waals surface area (Å²) in [5, 5.41) is 16.1. The Morgan fingerprint density at radius 3 is 2.50 bits per heavy atom. The maximum absolute atomic E-state index is 12.3. The van der Waals surface area contributed by atoms with Gasteiger partial charge in [-0.05, 0) is 30.3 Å². The van der Waals surface area contributed by atoms with Crippen molar-refractivity contribution in [3.05, 3.63) is 63.2 Å². The first-order valence-electron chi connectivity index (χ1n) is 7.06. The zero-order valence-corrected chi connectivity index (χ0v) is 13.5. The minimum Gasteiger partial charge on any atom is -0.326 e. The molecule has 124 valence electrons. The van der Waals surface area contributed by atoms with Gasteiger partial charge in [-0.15, -0.1) is 0 Å². The fourth-order valence-electron chi connectivity index (χ4n) is 1.92. The SMILES string of the molecule is CCC(=O)Nc1cccc(C(=O)Nc2ccc(Cl)c([N+](=O)[O-])c2)c1. The predicted molar refractivity (Wildman–Crippen MR) is 91.4 cm³/mol. The molecule has 0 radical (unpaired) electrons. The zero-order valence-electron chi connectivity index (χ0n) is 12.7. The molecule has 2 aromatic carbocycles. The van der Waals surface area contributed by atoms with Gasteiger partial charge in [0.05, 0.1) is 4.92 Å². The molecule has 2 amide bonds. The molecule has 0 aliphatic carbocycles. The van der Waals surface area contributed by atoms with E-state index in [-0.39, 0.29) is 22.3 Å². The first-order chi connectivity index (χ1) is 11.4. The molecule has 0 fully saturated rings. The number of nitro groups is 1. The summed E-state index contributed by atoms with van der Waals surface area (Å²) in [7, 11) is 0. The predicted octanol–water partition coefficient (Wildman–Crippen LogP) is 3.85. The molecule has 24 heavy (non-hydrogen) atoms. The van der Waals surface area contributed by atoms with Crippen molar-refractivity contribution in [2.75, 3.05) is 10.6 Å². The lowest BCUT2D eigenvalue weighted by Gasteiger charge is -2.08. The summed E-state index contributed by atoms with van der Waals surface area (Å²) >= 11 is 5.73. The second-order valence-corrected chi connectivity index (χ2v) is 5.27. The Balaban J connectivity index is 2.18. The van der Waals surface area contributed by atoms with Crippen LogP contribution in [0, 0.1) is 10.1 Å². The molecule has 0 aliphatic rings. The van der Waals surface area contributed by atoms with Gasteiger partial charge in [0, 0.05) is 29.4 Å². The number of rotatable bonds is 5. The van der Waals surface area contributed by atoms with E-state index in [4.69, 9.17) is 11.6 Å². The largest absolute Gasteiger partial charge is 0.326 e. The molecular weight excluding hydrogens is 334 g/mol. The highest BCUT2D eigenvalue weighted by atomic mass is 35.5. The van der Waals surface area contributed by atoms with Crippen LogP contribution in [-0.4, -0.2) is 16.7 Å². The first-order valence-corrected chi connectivity index (χ1v) is 7.43. The Bertz CT molecular complexity index is 808. The number of carbonyl (C=O) groups excluding carboxylic acids is 2. The van der Waals surface area contributed by atoms with Crippen molar-refractivity contribution in [3.8, 4) is 0 Å². The number of anilines is 2. The highest BCUT2D eigenvalue weighted by Gasteiger charge is 2.14. The minimum absolute atomic E-state index is 0.0118. The van der Waals surface area contributed by atoms with E-state index in [1.807, 2.05) is 0 Å². The van der Waals surface area contributed by atoms with Crippen LogP contribution in [0.1, 0.15) is 23.7 Å². The molecule has 0 unspecified atom stereocenters. The van der Waals surface area contributed by atoms with Crippen LogP contribution < -0.4 is 10.6 Å². The third kappa shape index (κ3) is 4.30. The molecule has 0 heterocycles. The fraction of sp³-hybridized carbons (Fsp3) is 0.125. The molecule has 0 aromatic heterocycles. The van der Waals surface area contributed by atoms with Crippen LogP contribution in [0.4, 0.5) is 17.1 Å². The zero-order chi connectivity index (χ0) is 17.7. The molecule has 2 aromatic rings. The van der Waals surface area contributed by atoms with Crippen LogP contribution in [0.5, 0.6) is 0 Å². The fourth-order valence-corrected chi connectivity index (χ4v) is 2.11. The summed E-state index contributed by atoms with van der Waals surface area (Å²) in [4.78, 5) is 33.9. The maximum Gasteiger partial charge on any atom is 0.289 e. The number of hydrogen-bond acceptors (Lipinski definition) is 4. The number of hydrogen-bond donors (Lipinski definition) is 2. The van der Waals surface area contributed by atoms with Crippen LogP contribution >= 0.6 is 11.6 Å². The van der Waals surface area contributed by atoms with Crippen LogP contribution in [0.25, 0.3) is 0 Å². The van der Waals surface area contributed by atoms with E-state index >= 15 is 0 Å². The smallest absolute Gasteiger partial charge is 0.289 e. The molecule has 0 saturated heterocycles. The van der Waals surface area contributed by atoms with E-state index in [1.54, 1.807) is 25.1 Å². The van der Waals surface area contributed by atoms with Crippen LogP contribution in [0.3, 0.4) is 0 Å². The van der Waals surface area contributed by atoms with Crippen LogP contribution in [0.15, 0.2) is 42.5 Å². The van der Waals surface area contributed by atoms with E-state index in [9.17, 15) is 19.7 Å². The third-order valence-corrected chi connectivity index (χ3v) is 3.45. The average Bonchev–Trinajstić information content (AvgIpc) is 2.56. The molecule has 0 spiro atoms. The van der Waals surface area contributed by atoms with Gasteiger partial charge in [-0.3, -0.25) is 19.7 Å². The van der Waals surface area contributed by atoms with Gasteiger partial charge in [-0.2, -0.15) is 0 Å². The van der Waals surface area contributed by atoms with Gasteiger partial charge in [0.2, 0.25) is 5.91 Å². The Labute approximate surface area is 142 Å². The molecule has 8 heteroatoms. The van der Waals surface area contributed by atoms with Gasteiger partial charge in [0.15, 0.2) is 0 Å². The maximum atomic E-state index is 12.3. The van der Waals surface area contributed by atoms with Gasteiger partial charge in [-0.25, -0.2) is 0 Å². The van der Waals surface area contributed by atoms with E-state index in [0.29, 0.717) is 17.7 Å². The summed E-state index contributed by atoms with van der Waals surface area (Å²) < 4.78 is 0.